The number of benzene rings is 1. The maximum absolute atomic E-state index is 13.6. The van der Waals surface area contributed by atoms with Crippen LogP contribution in [0.15, 0.2) is 48.6 Å². The van der Waals surface area contributed by atoms with E-state index in [0.717, 1.165) is 17.7 Å². The van der Waals surface area contributed by atoms with Gasteiger partial charge in [0.05, 0.1) is 17.8 Å². The molecule has 1 saturated heterocycles. The van der Waals surface area contributed by atoms with Gasteiger partial charge in [0, 0.05) is 18.1 Å². The first-order valence-corrected chi connectivity index (χ1v) is 10.8. The van der Waals surface area contributed by atoms with Crippen molar-refractivity contribution in [1.82, 2.24) is 35.3 Å². The van der Waals surface area contributed by atoms with Crippen molar-refractivity contribution in [3.8, 4) is 5.69 Å². The Labute approximate surface area is 190 Å². The van der Waals surface area contributed by atoms with Crippen molar-refractivity contribution in [3.63, 3.8) is 0 Å². The highest BCUT2D eigenvalue weighted by molar-refractivity contribution is 6.30. The lowest BCUT2D eigenvalue weighted by molar-refractivity contribution is -0.146. The molecule has 2 aliphatic heterocycles. The predicted molar refractivity (Wildman–Crippen MR) is 118 cm³/mol. The van der Waals surface area contributed by atoms with Gasteiger partial charge in [0.1, 0.15) is 12.1 Å². The van der Waals surface area contributed by atoms with Crippen LogP contribution in [-0.2, 0) is 16.1 Å². The highest BCUT2D eigenvalue weighted by Gasteiger charge is 2.38. The van der Waals surface area contributed by atoms with Gasteiger partial charge in [-0.3, -0.25) is 14.5 Å². The molecular weight excluding hydrogens is 432 g/mol. The molecule has 0 saturated carbocycles. The molecular formula is C21H25ClN8O2. The largest absolute Gasteiger partial charge is 0.368 e. The molecule has 0 spiro atoms. The molecule has 168 valence electrons. The number of hydrogen-bond donors (Lipinski definition) is 2. The fourth-order valence-electron chi connectivity index (χ4n) is 3.99. The molecule has 0 radical (unpaired) electrons. The van der Waals surface area contributed by atoms with E-state index in [4.69, 9.17) is 17.3 Å². The molecule has 11 heteroatoms. The van der Waals surface area contributed by atoms with Crippen LogP contribution in [0.3, 0.4) is 0 Å². The van der Waals surface area contributed by atoms with Crippen LogP contribution in [0.5, 0.6) is 0 Å². The maximum atomic E-state index is 13.6. The minimum atomic E-state index is -0.804. The van der Waals surface area contributed by atoms with Crippen LogP contribution < -0.4 is 11.1 Å². The van der Waals surface area contributed by atoms with Crippen molar-refractivity contribution in [2.24, 2.45) is 5.73 Å². The molecule has 3 N–H and O–H groups in total. The second-order valence-corrected chi connectivity index (χ2v) is 8.25. The average Bonchev–Trinajstić information content (AvgIpc) is 3.47. The predicted octanol–water partition coefficient (Wildman–Crippen LogP) is 0.983. The van der Waals surface area contributed by atoms with Crippen molar-refractivity contribution >= 4 is 23.4 Å². The van der Waals surface area contributed by atoms with E-state index in [1.165, 1.54) is 11.2 Å². The van der Waals surface area contributed by atoms with E-state index in [9.17, 15) is 9.59 Å². The highest BCUT2D eigenvalue weighted by Crippen LogP contribution is 2.27. The number of hydrogen-bond acceptors (Lipinski definition) is 8. The van der Waals surface area contributed by atoms with Gasteiger partial charge in [0.15, 0.2) is 0 Å². The number of halogens is 1. The smallest absolute Gasteiger partial charge is 0.252 e. The van der Waals surface area contributed by atoms with Crippen LogP contribution in [0, 0.1) is 0 Å². The van der Waals surface area contributed by atoms with Crippen LogP contribution in [-0.4, -0.2) is 67.0 Å². The lowest BCUT2D eigenvalue weighted by atomic mass is 10.1. The minimum Gasteiger partial charge on any atom is -0.368 e. The Morgan fingerprint density at radius 1 is 1.41 bits per heavy atom. The van der Waals surface area contributed by atoms with Crippen molar-refractivity contribution in [1.29, 1.82) is 0 Å². The zero-order chi connectivity index (χ0) is 22.7. The number of rotatable bonds is 6. The van der Waals surface area contributed by atoms with Gasteiger partial charge in [-0.1, -0.05) is 23.8 Å². The van der Waals surface area contributed by atoms with Gasteiger partial charge >= 0.3 is 0 Å². The second kappa shape index (κ2) is 9.60. The number of carbonyl (C=O) groups excluding carboxylic acids is 2. The van der Waals surface area contributed by atoms with Gasteiger partial charge in [-0.25, -0.2) is 9.58 Å². The summed E-state index contributed by atoms with van der Waals surface area (Å²) in [4.78, 5) is 29.7. The Morgan fingerprint density at radius 2 is 2.25 bits per heavy atom. The molecule has 2 aliphatic rings. The van der Waals surface area contributed by atoms with E-state index >= 15 is 0 Å². The lowest BCUT2D eigenvalue weighted by Gasteiger charge is -2.32. The van der Waals surface area contributed by atoms with Crippen LogP contribution in [0.4, 0.5) is 0 Å². The van der Waals surface area contributed by atoms with Crippen molar-refractivity contribution < 1.29 is 9.59 Å². The summed E-state index contributed by atoms with van der Waals surface area (Å²) < 4.78 is 1.56. The van der Waals surface area contributed by atoms with Gasteiger partial charge in [-0.2, -0.15) is 0 Å². The van der Waals surface area contributed by atoms with Gasteiger partial charge in [-0.05, 0) is 66.6 Å². The quantitative estimate of drug-likeness (QED) is 0.659. The van der Waals surface area contributed by atoms with Crippen molar-refractivity contribution in [2.75, 3.05) is 13.1 Å². The third kappa shape index (κ3) is 4.57. The number of nitrogens with one attached hydrogen (secondary N) is 1. The number of imide groups is 1. The zero-order valence-electron chi connectivity index (χ0n) is 17.7. The Balaban J connectivity index is 1.61. The normalized spacial score (nSPS) is 19.3. The topological polar surface area (TPSA) is 122 Å². The molecule has 2 atom stereocenters. The number of carbonyl (C=O) groups is 2. The van der Waals surface area contributed by atoms with Crippen molar-refractivity contribution in [3.05, 3.63) is 59.2 Å². The first kappa shape index (κ1) is 22.1. The summed E-state index contributed by atoms with van der Waals surface area (Å²) in [7, 11) is 0. The molecule has 1 fully saturated rings. The van der Waals surface area contributed by atoms with E-state index in [2.05, 4.69) is 25.7 Å². The number of likely N-dealkylation sites (tertiary alicyclic amines) is 1. The summed E-state index contributed by atoms with van der Waals surface area (Å²) in [5.41, 5.74) is 7.52. The van der Waals surface area contributed by atoms with Gasteiger partial charge in [-0.15, -0.1) is 5.10 Å². The Hall–Kier alpha value is -3.08. The van der Waals surface area contributed by atoms with Crippen molar-refractivity contribution in [2.45, 2.75) is 38.4 Å². The number of nitrogens with two attached hydrogens (primary N) is 1. The lowest BCUT2D eigenvalue weighted by Crippen LogP contribution is -2.53. The second-order valence-electron chi connectivity index (χ2n) is 7.82. The summed E-state index contributed by atoms with van der Waals surface area (Å²) in [6, 6.07) is 4.19. The highest BCUT2D eigenvalue weighted by atomic mass is 35.5. The molecule has 1 aromatic heterocycles. The number of nitrogens with zero attached hydrogens (tertiary/aromatic N) is 6. The summed E-state index contributed by atoms with van der Waals surface area (Å²) in [5.74, 6) is -0.276. The molecule has 10 nitrogen and oxygen atoms in total. The summed E-state index contributed by atoms with van der Waals surface area (Å²) in [5, 5.41) is 15.1. The Kier molecular flexibility index (Phi) is 6.63. The van der Waals surface area contributed by atoms with Gasteiger partial charge in [0.25, 0.3) is 11.8 Å². The molecule has 32 heavy (non-hydrogen) atoms. The number of aromatic nitrogens is 4. The molecule has 0 aliphatic carbocycles. The molecule has 3 heterocycles. The molecule has 0 bridgehead atoms. The molecule has 1 aromatic carbocycles. The fraction of sp³-hybridized carbons (Fsp3) is 0.381. The van der Waals surface area contributed by atoms with Crippen LogP contribution in [0.2, 0.25) is 5.02 Å². The van der Waals surface area contributed by atoms with E-state index in [-0.39, 0.29) is 5.91 Å². The van der Waals surface area contributed by atoms with E-state index in [1.807, 2.05) is 24.3 Å². The maximum Gasteiger partial charge on any atom is 0.252 e. The monoisotopic (exact) mass is 456 g/mol. The summed E-state index contributed by atoms with van der Waals surface area (Å²) >= 11 is 6.26. The third-order valence-electron chi connectivity index (χ3n) is 5.52. The SMILES string of the molecule is C[C@H](N)C(=O)N(C(=O)[C@@H]1CCCN1Cc1cc(Cl)ccc1-n1cnnn1)C1=CC=CCN1. The van der Waals surface area contributed by atoms with Gasteiger partial charge in [0.2, 0.25) is 0 Å². The number of tetrazole rings is 1. The third-order valence-corrected chi connectivity index (χ3v) is 5.76. The van der Waals surface area contributed by atoms with Crippen LogP contribution in [0.1, 0.15) is 25.3 Å². The molecule has 0 unspecified atom stereocenters. The fourth-order valence-corrected chi connectivity index (χ4v) is 4.19. The number of amides is 2. The standard InChI is InChI=1S/C21H25ClN8O2/c1-14(23)20(31)30(19-6-2-3-9-24-19)21(32)18-5-4-10-28(18)12-15-11-16(22)7-8-17(15)29-13-25-26-27-29/h2-3,6-8,11,13-14,18,24H,4-5,9-10,12,23H2,1H3/t14-,18-/m0/s1. The molecule has 2 amide bonds. The molecule has 2 aromatic rings. The van der Waals surface area contributed by atoms with Gasteiger partial charge < -0.3 is 11.1 Å². The van der Waals surface area contributed by atoms with E-state index < -0.39 is 18.0 Å². The molecule has 4 rings (SSSR count). The first-order chi connectivity index (χ1) is 15.5. The van der Waals surface area contributed by atoms with E-state index in [1.54, 1.807) is 23.7 Å². The summed E-state index contributed by atoms with van der Waals surface area (Å²) in [6.45, 7) is 3.29. The summed E-state index contributed by atoms with van der Waals surface area (Å²) in [6.07, 6.45) is 8.43. The van der Waals surface area contributed by atoms with E-state index in [0.29, 0.717) is 36.9 Å². The minimum absolute atomic E-state index is 0.287. The van der Waals surface area contributed by atoms with Crippen LogP contribution >= 0.6 is 11.6 Å². The Morgan fingerprint density at radius 3 is 2.94 bits per heavy atom. The number of allylic oxidation sites excluding steroid dienone is 2. The average molecular weight is 457 g/mol. The zero-order valence-corrected chi connectivity index (χ0v) is 18.4. The van der Waals surface area contributed by atoms with Crippen LogP contribution in [0.25, 0.3) is 5.69 Å². The number of dihydropyridines is 1. The first-order valence-electron chi connectivity index (χ1n) is 10.5. The Bertz CT molecular complexity index is 1050.